The van der Waals surface area contributed by atoms with Crippen molar-refractivity contribution < 1.29 is 0 Å². The van der Waals surface area contributed by atoms with Crippen molar-refractivity contribution in [3.63, 3.8) is 0 Å². The fourth-order valence-corrected chi connectivity index (χ4v) is 0.575. The van der Waals surface area contributed by atoms with Gasteiger partial charge in [-0.25, -0.2) is 0 Å². The third-order valence-corrected chi connectivity index (χ3v) is 1.04. The molecule has 2 heteroatoms. The lowest BCUT2D eigenvalue weighted by molar-refractivity contribution is 0.381. The van der Waals surface area contributed by atoms with Crippen LogP contribution in [0.3, 0.4) is 0 Å². The van der Waals surface area contributed by atoms with E-state index in [1.54, 1.807) is 0 Å². The number of piperazine rings is 1. The summed E-state index contributed by atoms with van der Waals surface area (Å²) in [6, 6.07) is 0. The first-order valence-electron chi connectivity index (χ1n) is 2.48. The molecule has 1 N–H and O–H groups in total. The Labute approximate surface area is 44.5 Å². The number of likely N-dealkylation sites (N-methyl/N-ethyl adjacent to an activating group) is 1. The maximum absolute atomic E-state index is 3.09. The molecule has 0 amide bonds. The third kappa shape index (κ3) is 1.45. The van der Waals surface area contributed by atoms with E-state index in [9.17, 15) is 0 Å². The van der Waals surface area contributed by atoms with Gasteiger partial charge in [0.1, 0.15) is 0 Å². The fourth-order valence-electron chi connectivity index (χ4n) is 0.575. The molecule has 0 unspecified atom stereocenters. The van der Waals surface area contributed by atoms with Gasteiger partial charge < -0.3 is 5.32 Å². The average molecular weight is 98.1 g/mol. The molecule has 1 fully saturated rings. The van der Waals surface area contributed by atoms with Gasteiger partial charge in [0.25, 0.3) is 0 Å². The highest BCUT2D eigenvalue weighted by Gasteiger charge is 2.02. The van der Waals surface area contributed by atoms with Crippen molar-refractivity contribution in [2.24, 2.45) is 0 Å². The Morgan fingerprint density at radius 2 is 2.57 bits per heavy atom. The van der Waals surface area contributed by atoms with Crippen LogP contribution in [0, 0.1) is 13.1 Å². The Bertz CT molecular complexity index is 48.0. The van der Waals surface area contributed by atoms with Gasteiger partial charge in [-0.15, -0.1) is 0 Å². The van der Waals surface area contributed by atoms with Crippen molar-refractivity contribution in [1.82, 2.24) is 10.2 Å². The predicted octanol–water partition coefficient (Wildman–Crippen LogP) is -0.155. The fraction of sp³-hybridized carbons (Fsp3) is 0.600. The second-order valence-electron chi connectivity index (χ2n) is 1.73. The molecule has 40 valence electrons. The van der Waals surface area contributed by atoms with Gasteiger partial charge in [-0.3, -0.25) is 4.90 Å². The molecule has 1 aliphatic heterocycles. The number of hydrogen-bond donors (Lipinski definition) is 1. The number of hydrogen-bond acceptors (Lipinski definition) is 2. The lowest BCUT2D eigenvalue weighted by Crippen LogP contribution is -2.33. The second-order valence-corrected chi connectivity index (χ2v) is 1.73. The Morgan fingerprint density at radius 3 is 2.86 bits per heavy atom. The number of nitrogens with zero attached hydrogens (tertiary/aromatic N) is 1. The number of rotatable bonds is 0. The van der Waals surface area contributed by atoms with Crippen LogP contribution in [0.4, 0.5) is 0 Å². The topological polar surface area (TPSA) is 15.3 Å². The highest BCUT2D eigenvalue weighted by molar-refractivity contribution is 4.81. The van der Waals surface area contributed by atoms with Gasteiger partial charge in [-0.2, -0.15) is 0 Å². The summed E-state index contributed by atoms with van der Waals surface area (Å²) in [5.74, 6) is 0. The van der Waals surface area contributed by atoms with Crippen molar-refractivity contribution in [2.75, 3.05) is 20.1 Å². The van der Waals surface area contributed by atoms with Gasteiger partial charge in [-0.05, 0) is 7.05 Å². The zero-order chi connectivity index (χ0) is 5.11. The van der Waals surface area contributed by atoms with Crippen LogP contribution in [-0.4, -0.2) is 25.0 Å². The molecule has 1 saturated heterocycles. The van der Waals surface area contributed by atoms with Crippen molar-refractivity contribution in [3.8, 4) is 0 Å². The Hall–Kier alpha value is -0.0800. The molecule has 0 aliphatic carbocycles. The van der Waals surface area contributed by atoms with E-state index in [0.29, 0.717) is 0 Å². The minimum atomic E-state index is 0.983. The lowest BCUT2D eigenvalue weighted by Gasteiger charge is -2.20. The van der Waals surface area contributed by atoms with Gasteiger partial charge in [0, 0.05) is 26.2 Å². The Balaban J connectivity index is 2.12. The summed E-state index contributed by atoms with van der Waals surface area (Å²) >= 11 is 0. The first-order chi connectivity index (χ1) is 3.39. The second kappa shape index (κ2) is 2.28. The summed E-state index contributed by atoms with van der Waals surface area (Å²) in [5.41, 5.74) is 0. The van der Waals surface area contributed by atoms with Crippen LogP contribution in [0.25, 0.3) is 0 Å². The molecule has 0 bridgehead atoms. The summed E-state index contributed by atoms with van der Waals surface area (Å²) in [7, 11) is 2.07. The zero-order valence-electron chi connectivity index (χ0n) is 4.52. The molecule has 0 aromatic heterocycles. The maximum atomic E-state index is 3.09. The molecule has 2 radical (unpaired) electrons. The normalized spacial score (nSPS) is 25.3. The van der Waals surface area contributed by atoms with E-state index in [1.165, 1.54) is 0 Å². The van der Waals surface area contributed by atoms with Crippen molar-refractivity contribution in [2.45, 2.75) is 0 Å². The van der Waals surface area contributed by atoms with Gasteiger partial charge in [0.05, 0.1) is 0 Å². The highest BCUT2D eigenvalue weighted by atomic mass is 15.2. The van der Waals surface area contributed by atoms with Crippen molar-refractivity contribution in [1.29, 1.82) is 0 Å². The van der Waals surface area contributed by atoms with Gasteiger partial charge >= 0.3 is 0 Å². The molecule has 0 aromatic carbocycles. The molecule has 0 spiro atoms. The molecule has 1 aliphatic rings. The predicted molar refractivity (Wildman–Crippen MR) is 29.2 cm³/mol. The first kappa shape index (κ1) is 5.06. The van der Waals surface area contributed by atoms with E-state index in [1.807, 2.05) is 0 Å². The Kier molecular flexibility index (Phi) is 1.65. The van der Waals surface area contributed by atoms with Gasteiger partial charge in [-0.1, -0.05) is 0 Å². The molecule has 1 rings (SSSR count). The largest absolute Gasteiger partial charge is 0.310 e. The minimum absolute atomic E-state index is 0.983. The molecular formula is C5H10N2. The van der Waals surface area contributed by atoms with Crippen LogP contribution in [0.15, 0.2) is 0 Å². The van der Waals surface area contributed by atoms with E-state index in [0.717, 1.165) is 13.1 Å². The molecule has 2 nitrogen and oxygen atoms in total. The van der Waals surface area contributed by atoms with Gasteiger partial charge in [0.15, 0.2) is 0 Å². The SMILES string of the molecule is CN1[CH]CN[CH]C1. The lowest BCUT2D eigenvalue weighted by atomic mass is 10.4. The minimum Gasteiger partial charge on any atom is -0.310 e. The van der Waals surface area contributed by atoms with Crippen LogP contribution in [0.5, 0.6) is 0 Å². The van der Waals surface area contributed by atoms with E-state index in [4.69, 9.17) is 0 Å². The molecule has 0 aromatic rings. The summed E-state index contributed by atoms with van der Waals surface area (Å²) in [5, 5.41) is 3.09. The van der Waals surface area contributed by atoms with Crippen LogP contribution in [0.2, 0.25) is 0 Å². The Morgan fingerprint density at radius 1 is 1.71 bits per heavy atom. The van der Waals surface area contributed by atoms with E-state index < -0.39 is 0 Å². The van der Waals surface area contributed by atoms with E-state index in [-0.39, 0.29) is 0 Å². The summed E-state index contributed by atoms with van der Waals surface area (Å²) in [4.78, 5) is 2.15. The van der Waals surface area contributed by atoms with E-state index >= 15 is 0 Å². The quantitative estimate of drug-likeness (QED) is 0.453. The standard InChI is InChI=1S/C5H10N2/c1-7-4-2-6-3-5-7/h2,5-6H,3-4H2,1H3. The first-order valence-corrected chi connectivity index (χ1v) is 2.48. The summed E-state index contributed by atoms with van der Waals surface area (Å²) in [6.07, 6.45) is 0. The van der Waals surface area contributed by atoms with Gasteiger partial charge in [0.2, 0.25) is 0 Å². The monoisotopic (exact) mass is 98.1 g/mol. The summed E-state index contributed by atoms with van der Waals surface area (Å²) in [6.45, 7) is 6.19. The van der Waals surface area contributed by atoms with Crippen LogP contribution >= 0.6 is 0 Å². The smallest absolute Gasteiger partial charge is 0.0386 e. The molecule has 0 atom stereocenters. The van der Waals surface area contributed by atoms with E-state index in [2.05, 4.69) is 30.4 Å². The molecule has 1 heterocycles. The maximum Gasteiger partial charge on any atom is 0.0386 e. The highest BCUT2D eigenvalue weighted by Crippen LogP contribution is 1.92. The van der Waals surface area contributed by atoms with Crippen molar-refractivity contribution >= 4 is 0 Å². The summed E-state index contributed by atoms with van der Waals surface area (Å²) < 4.78 is 0. The molecule has 7 heavy (non-hydrogen) atoms. The molecule has 0 saturated carbocycles. The average Bonchev–Trinajstić information content (AvgIpc) is 1.69. The van der Waals surface area contributed by atoms with Crippen LogP contribution < -0.4 is 5.32 Å². The van der Waals surface area contributed by atoms with Crippen LogP contribution in [0.1, 0.15) is 0 Å². The molecular weight excluding hydrogens is 88.1 g/mol. The third-order valence-electron chi connectivity index (χ3n) is 1.04. The van der Waals surface area contributed by atoms with Crippen molar-refractivity contribution in [3.05, 3.63) is 13.1 Å². The zero-order valence-corrected chi connectivity index (χ0v) is 4.52. The number of nitrogens with one attached hydrogen (secondary N) is 1. The van der Waals surface area contributed by atoms with Crippen LogP contribution in [-0.2, 0) is 0 Å².